The minimum absolute atomic E-state index is 0.0581. The number of nitrogens with zero attached hydrogens (tertiary/aromatic N) is 4. The van der Waals surface area contributed by atoms with Crippen molar-refractivity contribution in [1.82, 2.24) is 4.98 Å². The lowest BCUT2D eigenvalue weighted by molar-refractivity contribution is -0.113. The molecule has 2 aliphatic rings. The van der Waals surface area contributed by atoms with Gasteiger partial charge >= 0.3 is 0 Å². The van der Waals surface area contributed by atoms with Gasteiger partial charge in [0, 0.05) is 23.5 Å². The summed E-state index contributed by atoms with van der Waals surface area (Å²) < 4.78 is 0. The van der Waals surface area contributed by atoms with Crippen LogP contribution in [0.1, 0.15) is 5.56 Å². The van der Waals surface area contributed by atoms with Gasteiger partial charge in [0.15, 0.2) is 5.17 Å². The standard InChI is InChI=1S/C27H20N4OS2/c1-17-9-12-20(13-10-17)31-25(32)24(26-30(2)22-7-3-4-8-23(22)33-26)34-27(31)29-19-11-14-21-18(16-19)6-5-15-28-21/h3-16H,1-2H3/b26-24-,29-27?. The molecule has 0 unspecified atom stereocenters. The van der Waals surface area contributed by atoms with Crippen LogP contribution in [-0.4, -0.2) is 23.1 Å². The molecule has 3 heterocycles. The van der Waals surface area contributed by atoms with Crippen LogP contribution in [0, 0.1) is 6.92 Å². The minimum Gasteiger partial charge on any atom is -0.337 e. The molecule has 0 N–H and O–H groups in total. The first-order chi connectivity index (χ1) is 16.6. The van der Waals surface area contributed by atoms with Gasteiger partial charge in [-0.25, -0.2) is 4.99 Å². The highest BCUT2D eigenvalue weighted by Crippen LogP contribution is 2.50. The fraction of sp³-hybridized carbons (Fsp3) is 0.0741. The maximum Gasteiger partial charge on any atom is 0.274 e. The Hall–Kier alpha value is -3.55. The van der Waals surface area contributed by atoms with E-state index < -0.39 is 0 Å². The highest BCUT2D eigenvalue weighted by Gasteiger charge is 2.40. The summed E-state index contributed by atoms with van der Waals surface area (Å²) in [6, 6.07) is 26.0. The van der Waals surface area contributed by atoms with E-state index in [1.807, 2.05) is 80.7 Å². The van der Waals surface area contributed by atoms with Gasteiger partial charge in [-0.2, -0.15) is 0 Å². The maximum absolute atomic E-state index is 13.8. The van der Waals surface area contributed by atoms with E-state index in [4.69, 9.17) is 4.99 Å². The maximum atomic E-state index is 13.8. The van der Waals surface area contributed by atoms with Gasteiger partial charge in [0.05, 0.1) is 27.6 Å². The minimum atomic E-state index is -0.0581. The van der Waals surface area contributed by atoms with Crippen molar-refractivity contribution in [1.29, 1.82) is 0 Å². The van der Waals surface area contributed by atoms with Gasteiger partial charge in [-0.3, -0.25) is 14.7 Å². The molecule has 5 nitrogen and oxygen atoms in total. The molecule has 1 fully saturated rings. The van der Waals surface area contributed by atoms with Gasteiger partial charge in [-0.05, 0) is 67.2 Å². The number of hydrogen-bond donors (Lipinski definition) is 0. The molecule has 0 atom stereocenters. The summed E-state index contributed by atoms with van der Waals surface area (Å²) in [5, 5.41) is 2.59. The molecule has 166 valence electrons. The summed E-state index contributed by atoms with van der Waals surface area (Å²) in [6.07, 6.45) is 1.78. The molecule has 1 aromatic heterocycles. The molecule has 34 heavy (non-hydrogen) atoms. The van der Waals surface area contributed by atoms with E-state index in [9.17, 15) is 4.79 Å². The molecule has 0 aliphatic carbocycles. The first-order valence-electron chi connectivity index (χ1n) is 10.9. The van der Waals surface area contributed by atoms with Gasteiger partial charge in [0.25, 0.3) is 5.91 Å². The van der Waals surface area contributed by atoms with E-state index in [0.29, 0.717) is 10.1 Å². The predicted molar refractivity (Wildman–Crippen MR) is 143 cm³/mol. The Morgan fingerprint density at radius 2 is 1.74 bits per heavy atom. The number of benzene rings is 3. The third-order valence-electron chi connectivity index (χ3n) is 5.82. The Balaban J connectivity index is 1.47. The van der Waals surface area contributed by atoms with Crippen molar-refractivity contribution in [2.45, 2.75) is 11.8 Å². The predicted octanol–water partition coefficient (Wildman–Crippen LogP) is 6.72. The number of thioether (sulfide) groups is 2. The van der Waals surface area contributed by atoms with E-state index >= 15 is 0 Å². The fourth-order valence-electron chi connectivity index (χ4n) is 4.04. The van der Waals surface area contributed by atoms with Gasteiger partial charge in [0.2, 0.25) is 0 Å². The lowest BCUT2D eigenvalue weighted by Crippen LogP contribution is -2.29. The van der Waals surface area contributed by atoms with Crippen LogP contribution < -0.4 is 9.80 Å². The molecule has 7 heteroatoms. The zero-order chi connectivity index (χ0) is 23.2. The Morgan fingerprint density at radius 3 is 2.56 bits per heavy atom. The van der Waals surface area contributed by atoms with Crippen molar-refractivity contribution in [2.24, 2.45) is 4.99 Å². The van der Waals surface area contributed by atoms with E-state index in [-0.39, 0.29) is 5.91 Å². The Bertz CT molecular complexity index is 1510. The van der Waals surface area contributed by atoms with Crippen LogP contribution in [-0.2, 0) is 4.79 Å². The zero-order valence-electron chi connectivity index (χ0n) is 18.6. The van der Waals surface area contributed by atoms with Crippen LogP contribution in [0.3, 0.4) is 0 Å². The SMILES string of the molecule is Cc1ccc(N2C(=O)/C(=C3/Sc4ccccc4N3C)SC2=Nc2ccc3ncccc3c2)cc1. The van der Waals surface area contributed by atoms with Crippen LogP contribution >= 0.6 is 23.5 Å². The number of para-hydroxylation sites is 1. The second-order valence-electron chi connectivity index (χ2n) is 8.12. The lowest BCUT2D eigenvalue weighted by atomic mass is 10.2. The number of pyridine rings is 1. The molecule has 2 aliphatic heterocycles. The van der Waals surface area contributed by atoms with Gasteiger partial charge in [0.1, 0.15) is 4.91 Å². The molecular formula is C27H20N4OS2. The van der Waals surface area contributed by atoms with Crippen LogP contribution in [0.4, 0.5) is 17.1 Å². The average Bonchev–Trinajstić information content (AvgIpc) is 3.36. The summed E-state index contributed by atoms with van der Waals surface area (Å²) in [6.45, 7) is 2.04. The van der Waals surface area contributed by atoms with Crippen molar-refractivity contribution in [3.05, 3.63) is 101 Å². The van der Waals surface area contributed by atoms with E-state index in [0.717, 1.165) is 43.5 Å². The van der Waals surface area contributed by atoms with Crippen molar-refractivity contribution in [2.75, 3.05) is 16.8 Å². The number of hydrogen-bond acceptors (Lipinski definition) is 6. The number of amidine groups is 1. The summed E-state index contributed by atoms with van der Waals surface area (Å²) in [5.41, 5.74) is 4.76. The van der Waals surface area contributed by atoms with Gasteiger partial charge < -0.3 is 4.90 Å². The van der Waals surface area contributed by atoms with E-state index in [2.05, 4.69) is 22.0 Å². The quantitative estimate of drug-likeness (QED) is 0.298. The Morgan fingerprint density at radius 1 is 0.912 bits per heavy atom. The third kappa shape index (κ3) is 3.57. The fourth-order valence-corrected chi connectivity index (χ4v) is 6.39. The van der Waals surface area contributed by atoms with Gasteiger partial charge in [-0.1, -0.05) is 47.7 Å². The van der Waals surface area contributed by atoms with Crippen LogP contribution in [0.25, 0.3) is 10.9 Å². The number of rotatable bonds is 2. The molecular weight excluding hydrogens is 460 g/mol. The van der Waals surface area contributed by atoms with E-state index in [1.165, 1.54) is 11.8 Å². The molecule has 1 saturated heterocycles. The third-order valence-corrected chi connectivity index (χ3v) is 8.21. The monoisotopic (exact) mass is 480 g/mol. The average molecular weight is 481 g/mol. The first-order valence-corrected chi connectivity index (χ1v) is 12.5. The molecule has 0 bridgehead atoms. The summed E-state index contributed by atoms with van der Waals surface area (Å²) in [5.74, 6) is -0.0581. The number of aromatic nitrogens is 1. The Kier molecular flexibility index (Phi) is 5.16. The Labute approximate surface area is 206 Å². The molecule has 0 spiro atoms. The molecule has 0 radical (unpaired) electrons. The number of anilines is 2. The van der Waals surface area contributed by atoms with Crippen LogP contribution in [0.5, 0.6) is 0 Å². The van der Waals surface area contributed by atoms with Crippen LogP contribution in [0.15, 0.2) is 105 Å². The highest BCUT2D eigenvalue weighted by molar-refractivity contribution is 8.20. The second-order valence-corrected chi connectivity index (χ2v) is 10.1. The summed E-state index contributed by atoms with van der Waals surface area (Å²) in [4.78, 5) is 28.8. The lowest BCUT2D eigenvalue weighted by Gasteiger charge is -2.17. The van der Waals surface area contributed by atoms with Crippen molar-refractivity contribution in [3.63, 3.8) is 0 Å². The summed E-state index contributed by atoms with van der Waals surface area (Å²) in [7, 11) is 2.01. The normalized spacial score (nSPS) is 18.9. The van der Waals surface area contributed by atoms with E-state index in [1.54, 1.807) is 22.9 Å². The van der Waals surface area contributed by atoms with Crippen LogP contribution in [0.2, 0.25) is 0 Å². The molecule has 6 rings (SSSR count). The molecule has 0 saturated carbocycles. The molecule has 4 aromatic rings. The number of carbonyl (C=O) groups excluding carboxylic acids is 1. The largest absolute Gasteiger partial charge is 0.337 e. The number of aryl methyl sites for hydroxylation is 1. The number of amides is 1. The molecule has 1 amide bonds. The number of fused-ring (bicyclic) bond motifs is 2. The highest BCUT2D eigenvalue weighted by atomic mass is 32.2. The van der Waals surface area contributed by atoms with Crippen molar-refractivity contribution in [3.8, 4) is 0 Å². The second kappa shape index (κ2) is 8.34. The zero-order valence-corrected chi connectivity index (χ0v) is 20.2. The summed E-state index contributed by atoms with van der Waals surface area (Å²) >= 11 is 3.05. The smallest absolute Gasteiger partial charge is 0.274 e. The number of aliphatic imine (C=N–C) groups is 1. The topological polar surface area (TPSA) is 48.8 Å². The number of carbonyl (C=O) groups is 1. The van der Waals surface area contributed by atoms with Crippen molar-refractivity contribution < 1.29 is 4.79 Å². The molecule has 3 aromatic carbocycles. The first kappa shape index (κ1) is 21.0. The van der Waals surface area contributed by atoms with Gasteiger partial charge in [-0.15, -0.1) is 0 Å². The van der Waals surface area contributed by atoms with Crippen molar-refractivity contribution >= 4 is 62.6 Å².